The molecule has 0 saturated carbocycles. The summed E-state index contributed by atoms with van der Waals surface area (Å²) in [6.07, 6.45) is 0. The van der Waals surface area contributed by atoms with E-state index in [9.17, 15) is 0 Å². The lowest BCUT2D eigenvalue weighted by Crippen LogP contribution is -2.36. The second-order valence-corrected chi connectivity index (χ2v) is 6.54. The van der Waals surface area contributed by atoms with Gasteiger partial charge in [0.2, 0.25) is 0 Å². The normalized spacial score (nSPS) is 11.1. The van der Waals surface area contributed by atoms with Crippen molar-refractivity contribution in [3.8, 4) is 5.75 Å². The number of nitrogens with zero attached hydrogens (tertiary/aromatic N) is 1. The molecule has 0 radical (unpaired) electrons. The molecule has 0 unspecified atom stereocenters. The molecular formula is C18H26IN3OS. The van der Waals surface area contributed by atoms with Gasteiger partial charge in [-0.05, 0) is 46.0 Å². The highest BCUT2D eigenvalue weighted by atomic mass is 127. The summed E-state index contributed by atoms with van der Waals surface area (Å²) in [5, 5.41) is 10.8. The van der Waals surface area contributed by atoms with Gasteiger partial charge in [-0.1, -0.05) is 26.0 Å². The third-order valence-corrected chi connectivity index (χ3v) is 3.96. The molecule has 2 aromatic rings. The Balaban J connectivity index is 0.00000288. The Labute approximate surface area is 165 Å². The molecule has 0 fully saturated rings. The van der Waals surface area contributed by atoms with Gasteiger partial charge in [0.15, 0.2) is 5.96 Å². The van der Waals surface area contributed by atoms with E-state index in [2.05, 4.69) is 58.4 Å². The summed E-state index contributed by atoms with van der Waals surface area (Å²) in [7, 11) is 1.78. The first-order chi connectivity index (χ1) is 11.2. The largest absolute Gasteiger partial charge is 0.493 e. The fraction of sp³-hybridized carbons (Fsp3) is 0.389. The van der Waals surface area contributed by atoms with E-state index in [0.29, 0.717) is 5.92 Å². The van der Waals surface area contributed by atoms with Crippen molar-refractivity contribution in [3.63, 3.8) is 0 Å². The Kier molecular flexibility index (Phi) is 9.78. The van der Waals surface area contributed by atoms with Crippen LogP contribution in [0.15, 0.2) is 46.1 Å². The van der Waals surface area contributed by atoms with E-state index in [1.807, 2.05) is 12.1 Å². The Morgan fingerprint density at radius 1 is 1.08 bits per heavy atom. The standard InChI is InChI=1S/C18H25N3OS.HI/c1-14(2)12-22-17-6-4-15(5-7-17)10-20-18(19-3)21-11-16-8-9-23-13-16;/h4-9,13-14H,10-12H2,1-3H3,(H2,19,20,21);1H. The van der Waals surface area contributed by atoms with Crippen molar-refractivity contribution >= 4 is 41.3 Å². The summed E-state index contributed by atoms with van der Waals surface area (Å²) < 4.78 is 5.69. The molecule has 24 heavy (non-hydrogen) atoms. The minimum Gasteiger partial charge on any atom is -0.493 e. The van der Waals surface area contributed by atoms with Gasteiger partial charge in [0, 0.05) is 20.1 Å². The first kappa shape index (κ1) is 20.8. The number of guanidine groups is 1. The van der Waals surface area contributed by atoms with E-state index < -0.39 is 0 Å². The molecule has 132 valence electrons. The van der Waals surface area contributed by atoms with Crippen LogP contribution in [0.3, 0.4) is 0 Å². The van der Waals surface area contributed by atoms with Crippen molar-refractivity contribution in [1.29, 1.82) is 0 Å². The van der Waals surface area contributed by atoms with Crippen molar-refractivity contribution in [3.05, 3.63) is 52.2 Å². The Morgan fingerprint density at radius 2 is 1.75 bits per heavy atom. The molecule has 0 aliphatic rings. The summed E-state index contributed by atoms with van der Waals surface area (Å²) >= 11 is 1.70. The Bertz CT molecular complexity index is 597. The van der Waals surface area contributed by atoms with E-state index >= 15 is 0 Å². The van der Waals surface area contributed by atoms with Crippen LogP contribution >= 0.6 is 35.3 Å². The van der Waals surface area contributed by atoms with Crippen molar-refractivity contribution in [2.24, 2.45) is 10.9 Å². The summed E-state index contributed by atoms with van der Waals surface area (Å²) in [4.78, 5) is 4.24. The van der Waals surface area contributed by atoms with Crippen LogP contribution in [0.5, 0.6) is 5.75 Å². The number of nitrogens with one attached hydrogen (secondary N) is 2. The number of hydrogen-bond acceptors (Lipinski definition) is 3. The van der Waals surface area contributed by atoms with Gasteiger partial charge in [-0.15, -0.1) is 24.0 Å². The van der Waals surface area contributed by atoms with Gasteiger partial charge in [-0.2, -0.15) is 11.3 Å². The molecule has 0 amide bonds. The SMILES string of the molecule is CN=C(NCc1ccc(OCC(C)C)cc1)NCc1ccsc1.I. The third kappa shape index (κ3) is 7.53. The maximum Gasteiger partial charge on any atom is 0.191 e. The van der Waals surface area contributed by atoms with Crippen LogP contribution in [0.25, 0.3) is 0 Å². The predicted octanol–water partition coefficient (Wildman–Crippen LogP) is 4.27. The van der Waals surface area contributed by atoms with E-state index in [4.69, 9.17) is 4.74 Å². The molecule has 1 aromatic heterocycles. The van der Waals surface area contributed by atoms with Crippen LogP contribution in [0, 0.1) is 5.92 Å². The van der Waals surface area contributed by atoms with Gasteiger partial charge in [-0.3, -0.25) is 4.99 Å². The van der Waals surface area contributed by atoms with Crippen molar-refractivity contribution in [2.45, 2.75) is 26.9 Å². The summed E-state index contributed by atoms with van der Waals surface area (Å²) in [6, 6.07) is 10.3. The quantitative estimate of drug-likeness (QED) is 0.370. The molecule has 0 spiro atoms. The number of rotatable bonds is 7. The Hall–Kier alpha value is -1.28. The van der Waals surface area contributed by atoms with Gasteiger partial charge < -0.3 is 15.4 Å². The molecule has 0 bridgehead atoms. The molecule has 0 aliphatic heterocycles. The molecule has 2 rings (SSSR count). The zero-order chi connectivity index (χ0) is 16.5. The lowest BCUT2D eigenvalue weighted by molar-refractivity contribution is 0.271. The molecule has 0 aliphatic carbocycles. The monoisotopic (exact) mass is 459 g/mol. The van der Waals surface area contributed by atoms with Gasteiger partial charge in [-0.25, -0.2) is 0 Å². The average Bonchev–Trinajstić information content (AvgIpc) is 3.07. The maximum absolute atomic E-state index is 5.69. The van der Waals surface area contributed by atoms with Crippen molar-refractivity contribution in [1.82, 2.24) is 10.6 Å². The maximum atomic E-state index is 5.69. The molecule has 4 nitrogen and oxygen atoms in total. The van der Waals surface area contributed by atoms with Crippen molar-refractivity contribution < 1.29 is 4.74 Å². The number of ether oxygens (including phenoxy) is 1. The second-order valence-electron chi connectivity index (χ2n) is 5.76. The first-order valence-corrected chi connectivity index (χ1v) is 8.79. The predicted molar refractivity (Wildman–Crippen MR) is 114 cm³/mol. The van der Waals surface area contributed by atoms with E-state index in [1.54, 1.807) is 18.4 Å². The first-order valence-electron chi connectivity index (χ1n) is 7.84. The summed E-state index contributed by atoms with van der Waals surface area (Å²) in [5.41, 5.74) is 2.46. The van der Waals surface area contributed by atoms with E-state index in [1.165, 1.54) is 11.1 Å². The zero-order valence-corrected chi connectivity index (χ0v) is 17.6. The van der Waals surface area contributed by atoms with Crippen LogP contribution in [-0.4, -0.2) is 19.6 Å². The fourth-order valence-corrected chi connectivity index (χ4v) is 2.62. The highest BCUT2D eigenvalue weighted by molar-refractivity contribution is 14.0. The van der Waals surface area contributed by atoms with Crippen LogP contribution in [0.1, 0.15) is 25.0 Å². The van der Waals surface area contributed by atoms with E-state index in [0.717, 1.165) is 31.4 Å². The number of aliphatic imine (C=N–C) groups is 1. The zero-order valence-electron chi connectivity index (χ0n) is 14.4. The summed E-state index contributed by atoms with van der Waals surface area (Å²) in [6.45, 7) is 6.55. The van der Waals surface area contributed by atoms with Gasteiger partial charge >= 0.3 is 0 Å². The van der Waals surface area contributed by atoms with Crippen LogP contribution in [-0.2, 0) is 13.1 Å². The van der Waals surface area contributed by atoms with Gasteiger partial charge in [0.25, 0.3) is 0 Å². The number of hydrogen-bond donors (Lipinski definition) is 2. The van der Waals surface area contributed by atoms with Gasteiger partial charge in [0.05, 0.1) is 6.61 Å². The molecule has 6 heteroatoms. The molecular weight excluding hydrogens is 433 g/mol. The fourth-order valence-electron chi connectivity index (χ4n) is 1.95. The number of thiophene rings is 1. The van der Waals surface area contributed by atoms with Crippen LogP contribution < -0.4 is 15.4 Å². The lowest BCUT2D eigenvalue weighted by atomic mass is 10.2. The van der Waals surface area contributed by atoms with Crippen LogP contribution in [0.4, 0.5) is 0 Å². The average molecular weight is 459 g/mol. The highest BCUT2D eigenvalue weighted by Crippen LogP contribution is 2.13. The second kappa shape index (κ2) is 11.3. The number of halogens is 1. The number of benzene rings is 1. The molecule has 2 N–H and O–H groups in total. The smallest absolute Gasteiger partial charge is 0.191 e. The minimum absolute atomic E-state index is 0. The van der Waals surface area contributed by atoms with Gasteiger partial charge in [0.1, 0.15) is 5.75 Å². The minimum atomic E-state index is 0. The van der Waals surface area contributed by atoms with Crippen molar-refractivity contribution in [2.75, 3.05) is 13.7 Å². The van der Waals surface area contributed by atoms with E-state index in [-0.39, 0.29) is 24.0 Å². The molecule has 1 heterocycles. The van der Waals surface area contributed by atoms with Crippen LogP contribution in [0.2, 0.25) is 0 Å². The molecule has 0 saturated heterocycles. The Morgan fingerprint density at radius 3 is 2.29 bits per heavy atom. The lowest BCUT2D eigenvalue weighted by Gasteiger charge is -2.12. The highest BCUT2D eigenvalue weighted by Gasteiger charge is 2.01. The summed E-state index contributed by atoms with van der Waals surface area (Å²) in [5.74, 6) is 2.26. The topological polar surface area (TPSA) is 45.7 Å². The molecule has 0 atom stereocenters. The molecule has 1 aromatic carbocycles. The third-order valence-electron chi connectivity index (χ3n) is 3.23.